The molecule has 0 spiro atoms. The molecule has 1 aromatic carbocycles. The van der Waals surface area contributed by atoms with E-state index < -0.39 is 42.0 Å². The first-order valence-electron chi connectivity index (χ1n) is 13.6. The predicted molar refractivity (Wildman–Crippen MR) is 146 cm³/mol. The summed E-state index contributed by atoms with van der Waals surface area (Å²) < 4.78 is 5.34. The zero-order valence-corrected chi connectivity index (χ0v) is 22.8. The summed E-state index contributed by atoms with van der Waals surface area (Å²) in [7, 11) is 0. The summed E-state index contributed by atoms with van der Waals surface area (Å²) in [6.45, 7) is 8.96. The number of hydrogen-bond acceptors (Lipinski definition) is 5. The van der Waals surface area contributed by atoms with Crippen LogP contribution in [0.1, 0.15) is 95.7 Å². The Labute approximate surface area is 225 Å². The molecule has 2 aliphatic rings. The van der Waals surface area contributed by atoms with Crippen molar-refractivity contribution in [2.45, 2.75) is 108 Å². The molecule has 0 bridgehead atoms. The highest BCUT2D eigenvalue weighted by atomic mass is 16.6. The van der Waals surface area contributed by atoms with E-state index in [0.717, 1.165) is 56.9 Å². The van der Waals surface area contributed by atoms with Crippen molar-refractivity contribution in [2.24, 2.45) is 5.73 Å². The molecule has 0 aliphatic heterocycles. The number of nitrogens with zero attached hydrogens (tertiary/aromatic N) is 1. The van der Waals surface area contributed by atoms with Crippen molar-refractivity contribution < 1.29 is 23.9 Å². The van der Waals surface area contributed by atoms with Crippen LogP contribution in [0.3, 0.4) is 0 Å². The fourth-order valence-corrected chi connectivity index (χ4v) is 5.04. The van der Waals surface area contributed by atoms with Gasteiger partial charge in [-0.05, 0) is 70.1 Å². The number of carbonyl (C=O) groups is 4. The van der Waals surface area contributed by atoms with Crippen molar-refractivity contribution in [1.82, 2.24) is 15.5 Å². The lowest BCUT2D eigenvalue weighted by molar-refractivity contribution is -0.148. The second kappa shape index (κ2) is 12.9. The van der Waals surface area contributed by atoms with Gasteiger partial charge < -0.3 is 26.0 Å². The molecule has 9 nitrogen and oxygen atoms in total. The van der Waals surface area contributed by atoms with Crippen LogP contribution in [0.4, 0.5) is 4.79 Å². The Hall–Kier alpha value is -3.36. The Morgan fingerprint density at radius 1 is 1.11 bits per heavy atom. The minimum atomic E-state index is -1.27. The second-order valence-corrected chi connectivity index (χ2v) is 11.3. The largest absolute Gasteiger partial charge is 0.444 e. The maximum atomic E-state index is 14.1. The van der Waals surface area contributed by atoms with Crippen LogP contribution < -0.4 is 16.4 Å². The van der Waals surface area contributed by atoms with Gasteiger partial charge >= 0.3 is 6.09 Å². The summed E-state index contributed by atoms with van der Waals surface area (Å²) in [6, 6.07) is 5.00. The van der Waals surface area contributed by atoms with E-state index in [1.807, 2.05) is 24.3 Å². The Kier molecular flexibility index (Phi) is 9.94. The number of nitrogens with one attached hydrogen (secondary N) is 2. The van der Waals surface area contributed by atoms with Crippen LogP contribution in [-0.2, 0) is 19.1 Å². The lowest BCUT2D eigenvalue weighted by Crippen LogP contribution is -2.58. The summed E-state index contributed by atoms with van der Waals surface area (Å²) >= 11 is 0. The number of nitrogens with two attached hydrogens (primary N) is 1. The van der Waals surface area contributed by atoms with Gasteiger partial charge in [0.1, 0.15) is 17.7 Å². The topological polar surface area (TPSA) is 131 Å². The second-order valence-electron chi connectivity index (χ2n) is 11.3. The molecule has 0 saturated heterocycles. The number of carbonyl (C=O) groups excluding carboxylic acids is 4. The van der Waals surface area contributed by atoms with Crippen LogP contribution in [-0.4, -0.2) is 52.4 Å². The molecule has 4 N–H and O–H groups in total. The van der Waals surface area contributed by atoms with Gasteiger partial charge in [0, 0.05) is 12.1 Å². The highest BCUT2D eigenvalue weighted by Gasteiger charge is 2.42. The lowest BCUT2D eigenvalue weighted by atomic mass is 9.87. The first-order valence-corrected chi connectivity index (χ1v) is 13.6. The zero-order valence-electron chi connectivity index (χ0n) is 22.8. The summed E-state index contributed by atoms with van der Waals surface area (Å²) in [5.74, 6) is -1.55. The highest BCUT2D eigenvalue weighted by Crippen LogP contribution is 2.35. The molecule has 2 saturated carbocycles. The molecule has 2 aliphatic carbocycles. The average molecular weight is 527 g/mol. The first kappa shape index (κ1) is 29.2. The van der Waals surface area contributed by atoms with Gasteiger partial charge in [-0.15, -0.1) is 0 Å². The van der Waals surface area contributed by atoms with Crippen molar-refractivity contribution in [1.29, 1.82) is 0 Å². The van der Waals surface area contributed by atoms with E-state index in [2.05, 4.69) is 17.2 Å². The predicted octanol–water partition coefficient (Wildman–Crippen LogP) is 3.97. The SMILES string of the molecule is C=Cc1cccc(C(C(=O)NC2CCCCC2)N(C(=O)C(CC(N)=O)NC(=O)OC(C)(C)C)C2CCC2)c1. The normalized spacial score (nSPS) is 17.9. The Morgan fingerprint density at radius 3 is 2.34 bits per heavy atom. The third kappa shape index (κ3) is 8.07. The molecule has 38 heavy (non-hydrogen) atoms. The molecule has 1 aromatic rings. The van der Waals surface area contributed by atoms with E-state index in [0.29, 0.717) is 5.56 Å². The molecule has 2 fully saturated rings. The first-order chi connectivity index (χ1) is 18.0. The number of ether oxygens (including phenoxy) is 1. The number of alkyl carbamates (subject to hydrolysis) is 1. The van der Waals surface area contributed by atoms with E-state index >= 15 is 0 Å². The molecule has 3 rings (SSSR count). The summed E-state index contributed by atoms with van der Waals surface area (Å²) in [4.78, 5) is 54.2. The quantitative estimate of drug-likeness (QED) is 0.425. The lowest BCUT2D eigenvalue weighted by Gasteiger charge is -2.44. The fourth-order valence-electron chi connectivity index (χ4n) is 5.04. The maximum Gasteiger partial charge on any atom is 0.408 e. The molecule has 9 heteroatoms. The van der Waals surface area contributed by atoms with E-state index in [9.17, 15) is 19.2 Å². The summed E-state index contributed by atoms with van der Waals surface area (Å²) in [6.07, 6.45) is 7.84. The highest BCUT2D eigenvalue weighted by molar-refractivity contribution is 5.95. The van der Waals surface area contributed by atoms with Crippen LogP contribution in [0, 0.1) is 0 Å². The van der Waals surface area contributed by atoms with Gasteiger partial charge in [0.25, 0.3) is 0 Å². The Morgan fingerprint density at radius 2 is 1.79 bits per heavy atom. The average Bonchev–Trinajstić information content (AvgIpc) is 2.81. The molecule has 2 atom stereocenters. The van der Waals surface area contributed by atoms with Crippen LogP contribution >= 0.6 is 0 Å². The number of primary amides is 1. The van der Waals surface area contributed by atoms with Crippen LogP contribution in [0.5, 0.6) is 0 Å². The van der Waals surface area contributed by atoms with E-state index in [-0.39, 0.29) is 18.0 Å². The van der Waals surface area contributed by atoms with Crippen molar-refractivity contribution in [3.63, 3.8) is 0 Å². The molecular formula is C29H42N4O5. The number of benzene rings is 1. The van der Waals surface area contributed by atoms with Crippen molar-refractivity contribution >= 4 is 29.9 Å². The molecule has 0 heterocycles. The maximum absolute atomic E-state index is 14.1. The molecule has 0 radical (unpaired) electrons. The minimum absolute atomic E-state index is 0.0426. The van der Waals surface area contributed by atoms with Gasteiger partial charge in [-0.2, -0.15) is 0 Å². The van der Waals surface area contributed by atoms with Gasteiger partial charge in [0.05, 0.1) is 6.42 Å². The molecular weight excluding hydrogens is 484 g/mol. The monoisotopic (exact) mass is 526 g/mol. The van der Waals surface area contributed by atoms with Gasteiger partial charge in [-0.1, -0.05) is 50.1 Å². The molecule has 0 aromatic heterocycles. The summed E-state index contributed by atoms with van der Waals surface area (Å²) in [5, 5.41) is 5.72. The number of rotatable bonds is 10. The van der Waals surface area contributed by atoms with Gasteiger partial charge in [0.2, 0.25) is 17.7 Å². The van der Waals surface area contributed by atoms with Crippen molar-refractivity contribution in [3.05, 3.63) is 42.0 Å². The molecule has 4 amide bonds. The van der Waals surface area contributed by atoms with E-state index in [1.165, 1.54) is 0 Å². The minimum Gasteiger partial charge on any atom is -0.444 e. The molecule has 2 unspecified atom stereocenters. The van der Waals surface area contributed by atoms with E-state index in [1.54, 1.807) is 31.7 Å². The zero-order chi connectivity index (χ0) is 27.9. The van der Waals surface area contributed by atoms with E-state index in [4.69, 9.17) is 10.5 Å². The van der Waals surface area contributed by atoms with Gasteiger partial charge in [-0.25, -0.2) is 4.79 Å². The number of amides is 4. The Bertz CT molecular complexity index is 1020. The number of hydrogen-bond donors (Lipinski definition) is 3. The van der Waals surface area contributed by atoms with Gasteiger partial charge in [0.15, 0.2) is 0 Å². The van der Waals surface area contributed by atoms with Crippen LogP contribution in [0.2, 0.25) is 0 Å². The third-order valence-electron chi connectivity index (χ3n) is 7.06. The summed E-state index contributed by atoms with van der Waals surface area (Å²) in [5.41, 5.74) is 6.14. The third-order valence-corrected chi connectivity index (χ3v) is 7.06. The van der Waals surface area contributed by atoms with Crippen molar-refractivity contribution in [3.8, 4) is 0 Å². The van der Waals surface area contributed by atoms with Crippen LogP contribution in [0.25, 0.3) is 6.08 Å². The molecule has 208 valence electrons. The Balaban J connectivity index is 1.99. The van der Waals surface area contributed by atoms with Crippen LogP contribution in [0.15, 0.2) is 30.8 Å². The smallest absolute Gasteiger partial charge is 0.408 e. The standard InChI is InChI=1S/C29H42N4O5/c1-5-19-11-9-12-20(17-19)25(26(35)31-21-13-7-6-8-14-21)33(22-15-10-16-22)27(36)23(18-24(30)34)32-28(37)38-29(2,3)4/h5,9,11-12,17,21-23,25H,1,6-8,10,13-16,18H2,2-4H3,(H2,30,34)(H,31,35)(H,32,37). The van der Waals surface area contributed by atoms with Gasteiger partial charge in [-0.3, -0.25) is 14.4 Å². The fraction of sp³-hybridized carbons (Fsp3) is 0.586. The van der Waals surface area contributed by atoms with Crippen molar-refractivity contribution in [2.75, 3.05) is 0 Å².